The number of pyridine rings is 1. The molecule has 4 rings (SSSR count). The van der Waals surface area contributed by atoms with E-state index < -0.39 is 0 Å². The molecule has 0 bridgehead atoms. The number of hydrogen-bond donors (Lipinski definition) is 1. The van der Waals surface area contributed by atoms with Gasteiger partial charge < -0.3 is 5.32 Å². The van der Waals surface area contributed by atoms with Crippen LogP contribution >= 0.6 is 0 Å². The Morgan fingerprint density at radius 2 is 1.89 bits per heavy atom. The molecule has 3 heterocycles. The lowest BCUT2D eigenvalue weighted by molar-refractivity contribution is -0.111. The molecule has 0 unspecified atom stereocenters. The van der Waals surface area contributed by atoms with Crippen LogP contribution in [0.3, 0.4) is 0 Å². The molecule has 1 N–H and O–H groups in total. The quantitative estimate of drug-likeness (QED) is 0.529. The van der Waals surface area contributed by atoms with Crippen LogP contribution in [-0.4, -0.2) is 30.5 Å². The summed E-state index contributed by atoms with van der Waals surface area (Å²) in [5.74, 6) is 0.255. The maximum atomic E-state index is 12.1. The number of benzene rings is 1. The van der Waals surface area contributed by atoms with Crippen molar-refractivity contribution in [2.75, 3.05) is 5.32 Å². The molecule has 3 aromatic heterocycles. The molecule has 0 spiro atoms. The van der Waals surface area contributed by atoms with Gasteiger partial charge in [0.1, 0.15) is 0 Å². The van der Waals surface area contributed by atoms with Crippen molar-refractivity contribution in [1.82, 2.24) is 24.5 Å². The number of carbonyl (C=O) groups is 1. The van der Waals surface area contributed by atoms with Gasteiger partial charge in [-0.05, 0) is 35.9 Å². The van der Waals surface area contributed by atoms with E-state index in [1.54, 1.807) is 40.1 Å². The molecular formula is C21H18N6O. The molecule has 0 aliphatic carbocycles. The molecule has 28 heavy (non-hydrogen) atoms. The van der Waals surface area contributed by atoms with Crippen LogP contribution in [-0.2, 0) is 11.3 Å². The molecule has 0 fully saturated rings. The number of hydrogen-bond acceptors (Lipinski definition) is 4. The van der Waals surface area contributed by atoms with Gasteiger partial charge in [0.05, 0.1) is 18.4 Å². The highest BCUT2D eigenvalue weighted by Gasteiger charge is 2.04. The third-order valence-corrected chi connectivity index (χ3v) is 4.04. The minimum absolute atomic E-state index is 0.248. The van der Waals surface area contributed by atoms with E-state index in [2.05, 4.69) is 20.5 Å². The molecule has 1 amide bonds. The van der Waals surface area contributed by atoms with Crippen molar-refractivity contribution in [3.05, 3.63) is 96.7 Å². The van der Waals surface area contributed by atoms with Crippen molar-refractivity contribution in [3.8, 4) is 5.69 Å². The second kappa shape index (κ2) is 8.13. The number of para-hydroxylation sites is 1. The molecule has 138 valence electrons. The summed E-state index contributed by atoms with van der Waals surface area (Å²) in [5, 5.41) is 11.4. The van der Waals surface area contributed by atoms with Crippen LogP contribution in [0.1, 0.15) is 11.1 Å². The first-order valence-corrected chi connectivity index (χ1v) is 8.78. The highest BCUT2D eigenvalue weighted by atomic mass is 16.1. The van der Waals surface area contributed by atoms with Crippen molar-refractivity contribution < 1.29 is 4.79 Å². The monoisotopic (exact) mass is 370 g/mol. The molecule has 0 aliphatic rings. The number of amides is 1. The van der Waals surface area contributed by atoms with Gasteiger partial charge in [0.25, 0.3) is 0 Å². The number of aromatic nitrogens is 5. The van der Waals surface area contributed by atoms with Gasteiger partial charge in [-0.1, -0.05) is 18.2 Å². The van der Waals surface area contributed by atoms with Gasteiger partial charge in [-0.3, -0.25) is 14.5 Å². The summed E-state index contributed by atoms with van der Waals surface area (Å²) in [7, 11) is 0. The van der Waals surface area contributed by atoms with E-state index in [1.165, 1.54) is 6.08 Å². The first-order chi connectivity index (χ1) is 13.8. The average molecular weight is 370 g/mol. The molecule has 0 saturated heterocycles. The van der Waals surface area contributed by atoms with Gasteiger partial charge in [-0.15, -0.1) is 0 Å². The summed E-state index contributed by atoms with van der Waals surface area (Å²) < 4.78 is 3.52. The summed E-state index contributed by atoms with van der Waals surface area (Å²) in [4.78, 5) is 16.1. The lowest BCUT2D eigenvalue weighted by Crippen LogP contribution is -2.09. The van der Waals surface area contributed by atoms with Crippen molar-refractivity contribution in [1.29, 1.82) is 0 Å². The van der Waals surface area contributed by atoms with Gasteiger partial charge in [0.2, 0.25) is 5.91 Å². The summed E-state index contributed by atoms with van der Waals surface area (Å²) in [6.45, 7) is 0.618. The molecule has 1 aromatic carbocycles. The van der Waals surface area contributed by atoms with Crippen LogP contribution in [0, 0.1) is 0 Å². The molecule has 4 aromatic rings. The predicted octanol–water partition coefficient (Wildman–Crippen LogP) is 3.16. The molecule has 7 heteroatoms. The fourth-order valence-corrected chi connectivity index (χ4v) is 2.68. The Labute approximate surface area is 162 Å². The highest BCUT2D eigenvalue weighted by molar-refractivity contribution is 6.01. The average Bonchev–Trinajstić information content (AvgIpc) is 3.38. The SMILES string of the molecule is O=C(/C=C/c1cnn(-c2ccccc2)c1)Nc1ccn(Cc2ccncc2)n1. The third-order valence-electron chi connectivity index (χ3n) is 4.04. The van der Waals surface area contributed by atoms with E-state index in [9.17, 15) is 4.79 Å². The van der Waals surface area contributed by atoms with E-state index in [-0.39, 0.29) is 5.91 Å². The molecule has 7 nitrogen and oxygen atoms in total. The standard InChI is InChI=1S/C21H18N6O/c28-21(7-6-18-14-23-27(16-18)19-4-2-1-3-5-19)24-20-10-13-26(25-20)15-17-8-11-22-12-9-17/h1-14,16H,15H2,(H,24,25,28)/b7-6+. The normalized spacial score (nSPS) is 11.0. The molecular weight excluding hydrogens is 352 g/mol. The van der Waals surface area contributed by atoms with Crippen LogP contribution in [0.25, 0.3) is 11.8 Å². The largest absolute Gasteiger partial charge is 0.306 e. The van der Waals surface area contributed by atoms with Crippen LogP contribution in [0.5, 0.6) is 0 Å². The summed E-state index contributed by atoms with van der Waals surface area (Å²) in [6, 6.07) is 15.4. The van der Waals surface area contributed by atoms with Crippen LogP contribution < -0.4 is 5.32 Å². The van der Waals surface area contributed by atoms with Crippen molar-refractivity contribution in [3.63, 3.8) is 0 Å². The van der Waals surface area contributed by atoms with E-state index in [1.807, 2.05) is 54.9 Å². The molecule has 0 radical (unpaired) electrons. The zero-order chi connectivity index (χ0) is 19.2. The Morgan fingerprint density at radius 1 is 1.07 bits per heavy atom. The number of rotatable bonds is 6. The number of nitrogens with one attached hydrogen (secondary N) is 1. The lowest BCUT2D eigenvalue weighted by atomic mass is 10.3. The molecule has 0 saturated carbocycles. The number of carbonyl (C=O) groups excluding carboxylic acids is 1. The summed E-state index contributed by atoms with van der Waals surface area (Å²) in [5.41, 5.74) is 2.89. The van der Waals surface area contributed by atoms with Crippen molar-refractivity contribution in [2.24, 2.45) is 0 Å². The third kappa shape index (κ3) is 4.39. The van der Waals surface area contributed by atoms with E-state index in [4.69, 9.17) is 0 Å². The zero-order valence-corrected chi connectivity index (χ0v) is 15.0. The van der Waals surface area contributed by atoms with Crippen molar-refractivity contribution in [2.45, 2.75) is 6.54 Å². The number of nitrogens with zero attached hydrogens (tertiary/aromatic N) is 5. The topological polar surface area (TPSA) is 77.6 Å². The maximum Gasteiger partial charge on any atom is 0.249 e. The van der Waals surface area contributed by atoms with Crippen LogP contribution in [0.15, 0.2) is 85.6 Å². The van der Waals surface area contributed by atoms with E-state index in [0.717, 1.165) is 16.8 Å². The zero-order valence-electron chi connectivity index (χ0n) is 15.0. The predicted molar refractivity (Wildman–Crippen MR) is 107 cm³/mol. The summed E-state index contributed by atoms with van der Waals surface area (Å²) in [6.07, 6.45) is 12.1. The summed E-state index contributed by atoms with van der Waals surface area (Å²) >= 11 is 0. The first kappa shape index (κ1) is 17.4. The van der Waals surface area contributed by atoms with Gasteiger partial charge in [-0.2, -0.15) is 10.2 Å². The molecule has 0 atom stereocenters. The second-order valence-corrected chi connectivity index (χ2v) is 6.13. The maximum absolute atomic E-state index is 12.1. The Bertz CT molecular complexity index is 1080. The number of anilines is 1. The van der Waals surface area contributed by atoms with Gasteiger partial charge in [-0.25, -0.2) is 4.68 Å². The minimum Gasteiger partial charge on any atom is -0.306 e. The Kier molecular flexibility index (Phi) is 5.06. The minimum atomic E-state index is -0.248. The van der Waals surface area contributed by atoms with E-state index >= 15 is 0 Å². The Morgan fingerprint density at radius 3 is 2.71 bits per heavy atom. The first-order valence-electron chi connectivity index (χ1n) is 8.78. The second-order valence-electron chi connectivity index (χ2n) is 6.13. The molecule has 0 aliphatic heterocycles. The smallest absolute Gasteiger partial charge is 0.249 e. The van der Waals surface area contributed by atoms with Gasteiger partial charge in [0.15, 0.2) is 5.82 Å². The van der Waals surface area contributed by atoms with Gasteiger partial charge >= 0.3 is 0 Å². The Hall–Kier alpha value is -4.00. The fraction of sp³-hybridized carbons (Fsp3) is 0.0476. The lowest BCUT2D eigenvalue weighted by Gasteiger charge is -2.01. The van der Waals surface area contributed by atoms with E-state index in [0.29, 0.717) is 12.4 Å². The highest BCUT2D eigenvalue weighted by Crippen LogP contribution is 2.09. The fourth-order valence-electron chi connectivity index (χ4n) is 2.68. The van der Waals surface area contributed by atoms with Crippen LogP contribution in [0.2, 0.25) is 0 Å². The van der Waals surface area contributed by atoms with Crippen LogP contribution in [0.4, 0.5) is 5.82 Å². The van der Waals surface area contributed by atoms with Gasteiger partial charge in [0, 0.05) is 42.5 Å². The van der Waals surface area contributed by atoms with Crippen molar-refractivity contribution >= 4 is 17.8 Å². The Balaban J connectivity index is 1.35.